The molecule has 0 saturated carbocycles. The number of hydrogen-bond donors (Lipinski definition) is 0. The molecule has 2 heteroatoms. The Hall–Kier alpha value is -5.34. The summed E-state index contributed by atoms with van der Waals surface area (Å²) in [5.74, 6) is 0. The lowest BCUT2D eigenvalue weighted by Crippen LogP contribution is -1.96. The molecule has 9 aromatic rings. The molecule has 0 saturated heterocycles. The van der Waals surface area contributed by atoms with E-state index in [4.69, 9.17) is 9.97 Å². The molecule has 0 amide bonds. The van der Waals surface area contributed by atoms with Crippen LogP contribution in [0.2, 0.25) is 0 Å². The Bertz CT molecular complexity index is 2530. The third-order valence-corrected chi connectivity index (χ3v) is 9.48. The lowest BCUT2D eigenvalue weighted by molar-refractivity contribution is 1.05. The Morgan fingerprint density at radius 1 is 0.409 bits per heavy atom. The number of fused-ring (bicyclic) bond motifs is 5. The van der Waals surface area contributed by atoms with Gasteiger partial charge in [-0.15, -0.1) is 0 Å². The highest BCUT2D eigenvalue weighted by molar-refractivity contribution is 6.34. The maximum atomic E-state index is 5.11. The summed E-state index contributed by atoms with van der Waals surface area (Å²) in [7, 11) is 0. The van der Waals surface area contributed by atoms with Crippen molar-refractivity contribution in [2.75, 3.05) is 0 Å². The predicted molar refractivity (Wildman–Crippen MR) is 188 cm³/mol. The van der Waals surface area contributed by atoms with E-state index in [-0.39, 0.29) is 0 Å². The summed E-state index contributed by atoms with van der Waals surface area (Å²) in [5.41, 5.74) is 9.06. The van der Waals surface area contributed by atoms with E-state index in [9.17, 15) is 0 Å². The van der Waals surface area contributed by atoms with Crippen LogP contribution in [0.3, 0.4) is 0 Å². The van der Waals surface area contributed by atoms with Gasteiger partial charge in [-0.1, -0.05) is 117 Å². The van der Waals surface area contributed by atoms with E-state index in [1.165, 1.54) is 65.3 Å². The fourth-order valence-corrected chi connectivity index (χ4v) is 7.33. The fourth-order valence-electron chi connectivity index (χ4n) is 7.33. The zero-order valence-electron chi connectivity index (χ0n) is 24.9. The highest BCUT2D eigenvalue weighted by Gasteiger charge is 2.17. The lowest BCUT2D eigenvalue weighted by Gasteiger charge is -2.17. The van der Waals surface area contributed by atoms with Crippen LogP contribution in [0.4, 0.5) is 0 Å². The van der Waals surface area contributed by atoms with Gasteiger partial charge >= 0.3 is 0 Å². The average molecular weight is 563 g/mol. The van der Waals surface area contributed by atoms with Crippen LogP contribution in [0, 0.1) is 0 Å². The molecule has 0 bridgehead atoms. The van der Waals surface area contributed by atoms with E-state index < -0.39 is 0 Å². The molecule has 208 valence electrons. The van der Waals surface area contributed by atoms with E-state index in [0.29, 0.717) is 0 Å². The zero-order chi connectivity index (χ0) is 29.4. The molecular formula is C42H30N2. The smallest absolute Gasteiger partial charge is 0.0974 e. The van der Waals surface area contributed by atoms with Crippen LogP contribution in [0.1, 0.15) is 25.2 Å². The molecule has 0 atom stereocenters. The minimum atomic E-state index is 0.871. The average Bonchev–Trinajstić information content (AvgIpc) is 3.09. The van der Waals surface area contributed by atoms with Crippen molar-refractivity contribution < 1.29 is 0 Å². The second-order valence-corrected chi connectivity index (χ2v) is 11.9. The lowest BCUT2D eigenvalue weighted by atomic mass is 9.86. The molecule has 2 aromatic heterocycles. The molecule has 0 spiro atoms. The highest BCUT2D eigenvalue weighted by atomic mass is 14.8. The first kappa shape index (κ1) is 25.2. The summed E-state index contributed by atoms with van der Waals surface area (Å²) in [6.07, 6.45) is 1.78. The minimum absolute atomic E-state index is 0.871. The molecule has 9 rings (SSSR count). The zero-order valence-corrected chi connectivity index (χ0v) is 24.9. The summed E-state index contributed by atoms with van der Waals surface area (Å²) in [4.78, 5) is 10.1. The van der Waals surface area contributed by atoms with Gasteiger partial charge in [0.2, 0.25) is 0 Å². The molecule has 0 N–H and O–H groups in total. The summed E-state index contributed by atoms with van der Waals surface area (Å²) in [6, 6.07) is 44.8. The number of pyridine rings is 2. The Morgan fingerprint density at radius 3 is 1.77 bits per heavy atom. The minimum Gasteiger partial charge on any atom is -0.251 e. The third-order valence-electron chi connectivity index (χ3n) is 9.48. The SMILES string of the molecule is CCc1ccc2ccc3c(-c4cccc(-c5ccc6c7cccc8cccc(c9cccc5c96)c87)c4)cc(CC)nc3c2n1. The molecule has 2 heterocycles. The summed E-state index contributed by atoms with van der Waals surface area (Å²) >= 11 is 0. The van der Waals surface area contributed by atoms with Crippen molar-refractivity contribution in [3.05, 3.63) is 133 Å². The second-order valence-electron chi connectivity index (χ2n) is 11.9. The van der Waals surface area contributed by atoms with Crippen molar-refractivity contribution in [2.24, 2.45) is 0 Å². The fraction of sp³-hybridized carbons (Fsp3) is 0.0952. The van der Waals surface area contributed by atoms with Gasteiger partial charge in [-0.05, 0) is 96.4 Å². The molecule has 2 nitrogen and oxygen atoms in total. The first-order valence-corrected chi connectivity index (χ1v) is 15.6. The molecule has 44 heavy (non-hydrogen) atoms. The Kier molecular flexibility index (Phi) is 5.49. The van der Waals surface area contributed by atoms with Crippen molar-refractivity contribution >= 4 is 64.9 Å². The van der Waals surface area contributed by atoms with Gasteiger partial charge in [0.05, 0.1) is 11.0 Å². The Balaban J connectivity index is 1.29. The van der Waals surface area contributed by atoms with Crippen LogP contribution in [-0.2, 0) is 12.8 Å². The predicted octanol–water partition coefficient (Wildman–Crippen LogP) is 11.3. The molecule has 0 aliphatic carbocycles. The Morgan fingerprint density at radius 2 is 1.00 bits per heavy atom. The monoisotopic (exact) mass is 562 g/mol. The largest absolute Gasteiger partial charge is 0.251 e. The standard InChI is InChI=1S/C42H30N2/c1-3-29-19-17-26-18-20-37-38(24-30(4-2)44-42(37)41(26)43-29)28-12-5-11-27(23-28)31-21-22-36-34-14-7-10-25-9-6-13-33(39(25)34)35-16-8-15-32(31)40(35)36/h5-24H,3-4H2,1-2H3. The summed E-state index contributed by atoms with van der Waals surface area (Å²) in [5, 5.41) is 12.8. The number of rotatable bonds is 4. The van der Waals surface area contributed by atoms with E-state index in [0.717, 1.165) is 46.0 Å². The maximum absolute atomic E-state index is 5.11. The van der Waals surface area contributed by atoms with Crippen LogP contribution < -0.4 is 0 Å². The Labute approximate surface area is 256 Å². The molecule has 7 aromatic carbocycles. The van der Waals surface area contributed by atoms with Gasteiger partial charge in [-0.2, -0.15) is 0 Å². The molecule has 0 radical (unpaired) electrons. The molecule has 0 aliphatic heterocycles. The third kappa shape index (κ3) is 3.61. The van der Waals surface area contributed by atoms with Gasteiger partial charge in [-0.25, -0.2) is 0 Å². The molecular weight excluding hydrogens is 532 g/mol. The number of nitrogens with zero attached hydrogens (tertiary/aromatic N) is 2. The van der Waals surface area contributed by atoms with Crippen LogP contribution >= 0.6 is 0 Å². The van der Waals surface area contributed by atoms with Crippen molar-refractivity contribution in [3.63, 3.8) is 0 Å². The number of hydrogen-bond acceptors (Lipinski definition) is 2. The van der Waals surface area contributed by atoms with Crippen LogP contribution in [0.5, 0.6) is 0 Å². The number of benzene rings is 7. The van der Waals surface area contributed by atoms with Crippen molar-refractivity contribution in [1.29, 1.82) is 0 Å². The topological polar surface area (TPSA) is 25.8 Å². The summed E-state index contributed by atoms with van der Waals surface area (Å²) in [6.45, 7) is 4.33. The van der Waals surface area contributed by atoms with E-state index in [2.05, 4.69) is 135 Å². The van der Waals surface area contributed by atoms with Crippen LogP contribution in [-0.4, -0.2) is 9.97 Å². The number of aromatic nitrogens is 2. The van der Waals surface area contributed by atoms with E-state index in [1.54, 1.807) is 0 Å². The first-order valence-electron chi connectivity index (χ1n) is 15.6. The van der Waals surface area contributed by atoms with Gasteiger partial charge in [0, 0.05) is 22.2 Å². The van der Waals surface area contributed by atoms with Gasteiger partial charge in [0.25, 0.3) is 0 Å². The van der Waals surface area contributed by atoms with Gasteiger partial charge in [0.1, 0.15) is 0 Å². The maximum Gasteiger partial charge on any atom is 0.0974 e. The molecule has 0 aliphatic rings. The van der Waals surface area contributed by atoms with Crippen molar-refractivity contribution in [3.8, 4) is 22.3 Å². The summed E-state index contributed by atoms with van der Waals surface area (Å²) < 4.78 is 0. The van der Waals surface area contributed by atoms with E-state index in [1.807, 2.05) is 0 Å². The highest BCUT2D eigenvalue weighted by Crippen LogP contribution is 2.43. The van der Waals surface area contributed by atoms with Gasteiger partial charge < -0.3 is 0 Å². The number of aryl methyl sites for hydroxylation is 2. The normalized spacial score (nSPS) is 12.0. The second kappa shape index (κ2) is 9.59. The van der Waals surface area contributed by atoms with Crippen molar-refractivity contribution in [1.82, 2.24) is 9.97 Å². The molecule has 0 unspecified atom stereocenters. The molecule has 0 fully saturated rings. The van der Waals surface area contributed by atoms with Crippen molar-refractivity contribution in [2.45, 2.75) is 26.7 Å². The van der Waals surface area contributed by atoms with E-state index >= 15 is 0 Å². The van der Waals surface area contributed by atoms with Crippen LogP contribution in [0.15, 0.2) is 121 Å². The van der Waals surface area contributed by atoms with Crippen LogP contribution in [0.25, 0.3) is 87.1 Å². The first-order chi connectivity index (χ1) is 21.7. The van der Waals surface area contributed by atoms with Gasteiger partial charge in [-0.3, -0.25) is 9.97 Å². The quantitative estimate of drug-likeness (QED) is 0.157. The van der Waals surface area contributed by atoms with Gasteiger partial charge in [0.15, 0.2) is 0 Å².